The molecular formula is C15H19NOS2. The number of hydrogen-bond donors (Lipinski definition) is 1. The van der Waals surface area contributed by atoms with Gasteiger partial charge < -0.3 is 10.5 Å². The van der Waals surface area contributed by atoms with Crippen molar-refractivity contribution < 1.29 is 4.74 Å². The normalized spacial score (nSPS) is 10.6. The van der Waals surface area contributed by atoms with Gasteiger partial charge in [-0.1, -0.05) is 6.92 Å². The van der Waals surface area contributed by atoms with E-state index in [1.165, 1.54) is 9.75 Å². The van der Waals surface area contributed by atoms with Crippen LogP contribution < -0.4 is 10.5 Å². The lowest BCUT2D eigenvalue weighted by Crippen LogP contribution is -1.94. The van der Waals surface area contributed by atoms with Crippen molar-refractivity contribution in [1.29, 1.82) is 0 Å². The molecule has 0 aliphatic rings. The lowest BCUT2D eigenvalue weighted by atomic mass is 10.3. The number of nitrogen functional groups attached to an aromatic ring is 1. The molecule has 102 valence electrons. The van der Waals surface area contributed by atoms with Gasteiger partial charge in [-0.2, -0.15) is 0 Å². The summed E-state index contributed by atoms with van der Waals surface area (Å²) in [5.41, 5.74) is 6.83. The van der Waals surface area contributed by atoms with Gasteiger partial charge in [0.05, 0.1) is 6.61 Å². The van der Waals surface area contributed by atoms with E-state index in [0.717, 1.165) is 28.5 Å². The third kappa shape index (κ3) is 3.91. The van der Waals surface area contributed by atoms with E-state index in [0.29, 0.717) is 6.61 Å². The van der Waals surface area contributed by atoms with Crippen LogP contribution in [0.15, 0.2) is 35.2 Å². The average molecular weight is 293 g/mol. The highest BCUT2D eigenvalue weighted by Gasteiger charge is 2.05. The predicted octanol–water partition coefficient (Wildman–Crippen LogP) is 4.58. The fourth-order valence-electron chi connectivity index (χ4n) is 1.73. The van der Waals surface area contributed by atoms with Crippen molar-refractivity contribution in [3.8, 4) is 5.75 Å². The first-order valence-corrected chi connectivity index (χ1v) is 8.25. The van der Waals surface area contributed by atoms with E-state index in [9.17, 15) is 0 Å². The zero-order chi connectivity index (χ0) is 13.7. The van der Waals surface area contributed by atoms with E-state index >= 15 is 0 Å². The zero-order valence-corrected chi connectivity index (χ0v) is 12.9. The van der Waals surface area contributed by atoms with Crippen LogP contribution in [0.4, 0.5) is 5.69 Å². The second kappa shape index (κ2) is 6.87. The minimum atomic E-state index is 0.679. The Kier molecular flexibility index (Phi) is 5.16. The van der Waals surface area contributed by atoms with Crippen molar-refractivity contribution in [3.05, 3.63) is 40.1 Å². The molecule has 2 aromatic rings. The number of thiophene rings is 1. The Morgan fingerprint density at radius 1 is 1.16 bits per heavy atom. The number of benzene rings is 1. The number of rotatable bonds is 6. The maximum atomic E-state index is 6.01. The Morgan fingerprint density at radius 3 is 2.63 bits per heavy atom. The minimum Gasteiger partial charge on any atom is -0.494 e. The van der Waals surface area contributed by atoms with Crippen LogP contribution in [-0.2, 0) is 12.2 Å². The molecule has 0 bridgehead atoms. The molecule has 1 heterocycles. The van der Waals surface area contributed by atoms with Gasteiger partial charge in [0.15, 0.2) is 0 Å². The first kappa shape index (κ1) is 14.3. The number of hydrogen-bond acceptors (Lipinski definition) is 4. The van der Waals surface area contributed by atoms with E-state index in [-0.39, 0.29) is 0 Å². The van der Waals surface area contributed by atoms with Crippen LogP contribution in [0.1, 0.15) is 23.6 Å². The fourth-order valence-corrected chi connectivity index (χ4v) is 3.73. The highest BCUT2D eigenvalue weighted by atomic mass is 32.2. The first-order valence-electron chi connectivity index (χ1n) is 6.45. The Morgan fingerprint density at radius 2 is 1.95 bits per heavy atom. The first-order chi connectivity index (χ1) is 9.22. The van der Waals surface area contributed by atoms with Gasteiger partial charge in [0.1, 0.15) is 5.75 Å². The zero-order valence-electron chi connectivity index (χ0n) is 11.3. The maximum absolute atomic E-state index is 6.01. The largest absolute Gasteiger partial charge is 0.494 e. The van der Waals surface area contributed by atoms with Gasteiger partial charge in [0.25, 0.3) is 0 Å². The lowest BCUT2D eigenvalue weighted by molar-refractivity contribution is 0.339. The second-order valence-electron chi connectivity index (χ2n) is 4.14. The van der Waals surface area contributed by atoms with Crippen LogP contribution >= 0.6 is 23.1 Å². The number of aryl methyl sites for hydroxylation is 1. The van der Waals surface area contributed by atoms with Crippen molar-refractivity contribution in [3.63, 3.8) is 0 Å². The van der Waals surface area contributed by atoms with E-state index in [4.69, 9.17) is 10.5 Å². The van der Waals surface area contributed by atoms with E-state index in [1.807, 2.05) is 36.5 Å². The predicted molar refractivity (Wildman–Crippen MR) is 85.3 cm³/mol. The van der Waals surface area contributed by atoms with Gasteiger partial charge in [0, 0.05) is 26.1 Å². The number of ether oxygens (including phenoxy) is 1. The summed E-state index contributed by atoms with van der Waals surface area (Å²) in [5, 5.41) is 0. The number of nitrogens with two attached hydrogens (primary N) is 1. The molecule has 0 aliphatic heterocycles. The Labute approximate surface area is 123 Å². The van der Waals surface area contributed by atoms with E-state index in [1.54, 1.807) is 11.8 Å². The summed E-state index contributed by atoms with van der Waals surface area (Å²) >= 11 is 3.65. The molecule has 0 saturated heterocycles. The SMILES string of the molecule is CCOc1ccc(N)c(SCc2ccc(CC)s2)c1. The molecule has 0 fully saturated rings. The summed E-state index contributed by atoms with van der Waals surface area (Å²) in [5.74, 6) is 1.85. The molecule has 0 spiro atoms. The van der Waals surface area contributed by atoms with E-state index in [2.05, 4.69) is 19.1 Å². The van der Waals surface area contributed by atoms with Crippen LogP contribution in [0.2, 0.25) is 0 Å². The van der Waals surface area contributed by atoms with Gasteiger partial charge in [-0.3, -0.25) is 0 Å². The van der Waals surface area contributed by atoms with Crippen molar-refractivity contribution in [2.75, 3.05) is 12.3 Å². The smallest absolute Gasteiger partial charge is 0.120 e. The van der Waals surface area contributed by atoms with Gasteiger partial charge in [-0.25, -0.2) is 0 Å². The molecule has 4 heteroatoms. The lowest BCUT2D eigenvalue weighted by Gasteiger charge is -2.08. The number of thioether (sulfide) groups is 1. The van der Waals surface area contributed by atoms with Crippen molar-refractivity contribution in [1.82, 2.24) is 0 Å². The summed E-state index contributed by atoms with van der Waals surface area (Å²) in [6.45, 7) is 4.85. The summed E-state index contributed by atoms with van der Waals surface area (Å²) in [7, 11) is 0. The molecule has 0 atom stereocenters. The van der Waals surface area contributed by atoms with Crippen LogP contribution in [0.25, 0.3) is 0 Å². The summed E-state index contributed by atoms with van der Waals surface area (Å²) in [6.07, 6.45) is 1.11. The summed E-state index contributed by atoms with van der Waals surface area (Å²) < 4.78 is 5.51. The van der Waals surface area contributed by atoms with Gasteiger partial charge in [-0.05, 0) is 43.7 Å². The molecule has 0 radical (unpaired) electrons. The third-order valence-corrected chi connectivity index (χ3v) is 5.26. The Bertz CT molecular complexity index is 537. The Balaban J connectivity index is 2.03. The van der Waals surface area contributed by atoms with Gasteiger partial charge >= 0.3 is 0 Å². The van der Waals surface area contributed by atoms with Gasteiger partial charge in [-0.15, -0.1) is 23.1 Å². The van der Waals surface area contributed by atoms with E-state index < -0.39 is 0 Å². The summed E-state index contributed by atoms with van der Waals surface area (Å²) in [6, 6.07) is 10.3. The third-order valence-electron chi connectivity index (χ3n) is 2.73. The topological polar surface area (TPSA) is 35.2 Å². The van der Waals surface area contributed by atoms with Crippen LogP contribution in [0.3, 0.4) is 0 Å². The molecule has 0 unspecified atom stereocenters. The highest BCUT2D eigenvalue weighted by molar-refractivity contribution is 7.98. The fraction of sp³-hybridized carbons (Fsp3) is 0.333. The molecule has 2 rings (SSSR count). The molecule has 2 N–H and O–H groups in total. The molecule has 0 saturated carbocycles. The average Bonchev–Trinajstić information content (AvgIpc) is 2.88. The Hall–Kier alpha value is -1.13. The van der Waals surface area contributed by atoms with Crippen molar-refractivity contribution in [2.24, 2.45) is 0 Å². The van der Waals surface area contributed by atoms with Crippen LogP contribution in [-0.4, -0.2) is 6.61 Å². The van der Waals surface area contributed by atoms with Crippen molar-refractivity contribution >= 4 is 28.8 Å². The van der Waals surface area contributed by atoms with Crippen LogP contribution in [0, 0.1) is 0 Å². The van der Waals surface area contributed by atoms with Crippen LogP contribution in [0.5, 0.6) is 5.75 Å². The molecule has 0 amide bonds. The van der Waals surface area contributed by atoms with Crippen molar-refractivity contribution in [2.45, 2.75) is 30.9 Å². The molecule has 1 aromatic carbocycles. The monoisotopic (exact) mass is 293 g/mol. The molecule has 2 nitrogen and oxygen atoms in total. The molecule has 0 aliphatic carbocycles. The standard InChI is InChI=1S/C15H19NOS2/c1-3-12-6-7-13(19-12)10-18-15-9-11(17-4-2)5-8-14(15)16/h5-9H,3-4,10,16H2,1-2H3. The molecule has 1 aromatic heterocycles. The summed E-state index contributed by atoms with van der Waals surface area (Å²) in [4.78, 5) is 3.92. The second-order valence-corrected chi connectivity index (χ2v) is 6.41. The highest BCUT2D eigenvalue weighted by Crippen LogP contribution is 2.33. The number of anilines is 1. The molecule has 19 heavy (non-hydrogen) atoms. The molecular weight excluding hydrogens is 274 g/mol. The minimum absolute atomic E-state index is 0.679. The maximum Gasteiger partial charge on any atom is 0.120 e. The van der Waals surface area contributed by atoms with Gasteiger partial charge in [0.2, 0.25) is 0 Å². The quantitative estimate of drug-likeness (QED) is 0.625.